The monoisotopic (exact) mass is 438 g/mol. The smallest absolute Gasteiger partial charge is 0.394 e. The van der Waals surface area contributed by atoms with Gasteiger partial charge in [0.1, 0.15) is 10.6 Å². The van der Waals surface area contributed by atoms with Crippen LogP contribution in [0.25, 0.3) is 0 Å². The van der Waals surface area contributed by atoms with E-state index in [1.165, 1.54) is 24.3 Å². The number of sulfone groups is 1. The highest BCUT2D eigenvalue weighted by Crippen LogP contribution is 2.44. The molecule has 0 aliphatic heterocycles. The predicted octanol–water partition coefficient (Wildman–Crippen LogP) is 3.45. The van der Waals surface area contributed by atoms with Gasteiger partial charge in [-0.15, -0.1) is 0 Å². The molecule has 28 heavy (non-hydrogen) atoms. The Labute approximate surface area is 160 Å². The third kappa shape index (κ3) is 3.87. The van der Waals surface area contributed by atoms with Crippen LogP contribution in [0.1, 0.15) is 10.4 Å². The number of phenolic OH excluding ortho intramolecular Hbond substituents is 1. The molecule has 2 N–H and O–H groups in total. The molecule has 2 rings (SSSR count). The summed E-state index contributed by atoms with van der Waals surface area (Å²) in [6.45, 7) is 0. The van der Waals surface area contributed by atoms with Gasteiger partial charge in [0.15, 0.2) is 0 Å². The van der Waals surface area contributed by atoms with Gasteiger partial charge in [0.05, 0.1) is 16.7 Å². The molecule has 13 heteroatoms. The van der Waals surface area contributed by atoms with Crippen LogP contribution in [0.5, 0.6) is 5.75 Å². The molecule has 0 heterocycles. The second-order valence-electron chi connectivity index (χ2n) is 5.28. The summed E-state index contributed by atoms with van der Waals surface area (Å²) in [7, 11) is -6.00. The number of phenols is 1. The Morgan fingerprint density at radius 1 is 1.25 bits per heavy atom. The van der Waals surface area contributed by atoms with Crippen LogP contribution in [0.3, 0.4) is 0 Å². The number of rotatable bonds is 6. The van der Waals surface area contributed by atoms with Crippen molar-refractivity contribution in [2.75, 3.05) is 5.32 Å². The number of halogens is 4. The average Bonchev–Trinajstić information content (AvgIpc) is 2.61. The number of nitrogens with zero attached hydrogens (tertiary/aromatic N) is 1. The number of hydrogen-bond donors (Lipinski definition) is 2. The number of hydrogen-bond acceptors (Lipinski definition) is 6. The van der Waals surface area contributed by atoms with Crippen molar-refractivity contribution in [1.82, 2.24) is 0 Å². The number of anilines is 1. The Kier molecular flexibility index (Phi) is 5.85. The second kappa shape index (κ2) is 7.64. The lowest BCUT2D eigenvalue weighted by molar-refractivity contribution is -0.384. The number of carbonyl (C=O) groups is 1. The van der Waals surface area contributed by atoms with Gasteiger partial charge in [0, 0.05) is 11.6 Å². The molecule has 0 aromatic heterocycles. The van der Waals surface area contributed by atoms with E-state index < -0.39 is 53.6 Å². The molecule has 1 amide bonds. The molecule has 0 bridgehead atoms. The number of non-ortho nitro benzene ring substituents is 1. The molecular weight excluding hydrogens is 429 g/mol. The first-order chi connectivity index (χ1) is 12.9. The average molecular weight is 439 g/mol. The zero-order chi connectivity index (χ0) is 21.3. The Hall–Kier alpha value is -2.86. The number of benzene rings is 2. The van der Waals surface area contributed by atoms with Gasteiger partial charge < -0.3 is 10.4 Å². The number of aromatic hydroxyl groups is 1. The number of nitro benzene ring substituents is 1. The predicted molar refractivity (Wildman–Crippen MR) is 92.0 cm³/mol. The SMILES string of the molecule is O=C(Nc1cc([N+](=O)[O-])cc(O)c1S(=O)(=O)C(F)(F)C(F)Cl)c1ccccc1. The summed E-state index contributed by atoms with van der Waals surface area (Å²) in [5, 5.41) is 17.5. The summed E-state index contributed by atoms with van der Waals surface area (Å²) >= 11 is 4.62. The quantitative estimate of drug-likeness (QED) is 0.404. The van der Waals surface area contributed by atoms with Crippen molar-refractivity contribution in [2.24, 2.45) is 0 Å². The van der Waals surface area contributed by atoms with Gasteiger partial charge >= 0.3 is 5.25 Å². The Bertz CT molecular complexity index is 1030. The maximum absolute atomic E-state index is 13.8. The van der Waals surface area contributed by atoms with Gasteiger partial charge in [-0.1, -0.05) is 29.8 Å². The van der Waals surface area contributed by atoms with Crippen molar-refractivity contribution in [3.05, 3.63) is 58.1 Å². The molecule has 1 atom stereocenters. The van der Waals surface area contributed by atoms with Crippen LogP contribution < -0.4 is 5.32 Å². The third-order valence-electron chi connectivity index (χ3n) is 3.43. The third-order valence-corrected chi connectivity index (χ3v) is 5.72. The standard InChI is InChI=1S/C15H10ClF3N2O6S/c16-14(17)15(18,19)28(26,27)12-10(6-9(21(24)25)7-11(12)22)20-13(23)8-4-2-1-3-5-8/h1-7,14,22H,(H,20,23). The van der Waals surface area contributed by atoms with Crippen molar-refractivity contribution < 1.29 is 36.4 Å². The first-order valence-electron chi connectivity index (χ1n) is 7.18. The van der Waals surface area contributed by atoms with Crippen LogP contribution in [0.4, 0.5) is 24.5 Å². The lowest BCUT2D eigenvalue weighted by Crippen LogP contribution is -2.36. The lowest BCUT2D eigenvalue weighted by Gasteiger charge is -2.20. The number of amides is 1. The molecule has 150 valence electrons. The molecule has 0 aliphatic rings. The second-order valence-corrected chi connectivity index (χ2v) is 7.63. The van der Waals surface area contributed by atoms with E-state index in [4.69, 9.17) is 0 Å². The van der Waals surface area contributed by atoms with Gasteiger partial charge in [-0.05, 0) is 12.1 Å². The van der Waals surface area contributed by atoms with E-state index >= 15 is 0 Å². The van der Waals surface area contributed by atoms with Crippen molar-refractivity contribution in [3.8, 4) is 5.75 Å². The van der Waals surface area contributed by atoms with E-state index in [-0.39, 0.29) is 11.6 Å². The summed E-state index contributed by atoms with van der Waals surface area (Å²) in [6, 6.07) is 7.69. The molecule has 0 aliphatic carbocycles. The van der Waals surface area contributed by atoms with E-state index in [0.717, 1.165) is 0 Å². The Balaban J connectivity index is 2.69. The fraction of sp³-hybridized carbons (Fsp3) is 0.133. The highest BCUT2D eigenvalue weighted by atomic mass is 35.5. The van der Waals surface area contributed by atoms with Crippen molar-refractivity contribution in [3.63, 3.8) is 0 Å². The van der Waals surface area contributed by atoms with Crippen molar-refractivity contribution in [2.45, 2.75) is 15.8 Å². The summed E-state index contributed by atoms with van der Waals surface area (Å²) < 4.78 is 65.1. The molecular formula is C15H10ClF3N2O6S. The van der Waals surface area contributed by atoms with Crippen LogP contribution in [0.15, 0.2) is 47.4 Å². The largest absolute Gasteiger partial charge is 0.506 e. The molecule has 2 aromatic rings. The van der Waals surface area contributed by atoms with E-state index in [2.05, 4.69) is 11.6 Å². The number of carbonyl (C=O) groups excluding carboxylic acids is 1. The van der Waals surface area contributed by atoms with E-state index in [1.54, 1.807) is 6.07 Å². The molecule has 0 fully saturated rings. The van der Waals surface area contributed by atoms with Gasteiger partial charge in [0.25, 0.3) is 27.1 Å². The normalized spacial score (nSPS) is 13.0. The van der Waals surface area contributed by atoms with Crippen molar-refractivity contribution in [1.29, 1.82) is 0 Å². The fourth-order valence-corrected chi connectivity index (χ4v) is 3.71. The number of nitrogens with one attached hydrogen (secondary N) is 1. The zero-order valence-corrected chi connectivity index (χ0v) is 15.0. The summed E-state index contributed by atoms with van der Waals surface area (Å²) in [4.78, 5) is 20.5. The van der Waals surface area contributed by atoms with Crippen LogP contribution in [0.2, 0.25) is 0 Å². The maximum atomic E-state index is 13.8. The highest BCUT2D eigenvalue weighted by molar-refractivity contribution is 7.92. The van der Waals surface area contributed by atoms with E-state index in [9.17, 15) is 41.6 Å². The van der Waals surface area contributed by atoms with Gasteiger partial charge in [0.2, 0.25) is 0 Å². The van der Waals surface area contributed by atoms with Crippen LogP contribution in [-0.2, 0) is 9.84 Å². The molecule has 0 spiro atoms. The first-order valence-corrected chi connectivity index (χ1v) is 9.10. The van der Waals surface area contributed by atoms with E-state index in [1.807, 2.05) is 5.32 Å². The number of alkyl halides is 4. The summed E-state index contributed by atoms with van der Waals surface area (Å²) in [6.07, 6.45) is 0. The maximum Gasteiger partial charge on any atom is 0.394 e. The van der Waals surface area contributed by atoms with Crippen LogP contribution in [-0.4, -0.2) is 35.2 Å². The minimum absolute atomic E-state index is 0.0516. The van der Waals surface area contributed by atoms with E-state index in [0.29, 0.717) is 6.07 Å². The van der Waals surface area contributed by atoms with Crippen LogP contribution in [0, 0.1) is 10.1 Å². The molecule has 8 nitrogen and oxygen atoms in total. The lowest BCUT2D eigenvalue weighted by atomic mass is 10.2. The first kappa shape index (κ1) is 21.4. The minimum Gasteiger partial charge on any atom is -0.506 e. The van der Waals surface area contributed by atoms with Gasteiger partial charge in [-0.2, -0.15) is 8.78 Å². The zero-order valence-electron chi connectivity index (χ0n) is 13.5. The summed E-state index contributed by atoms with van der Waals surface area (Å²) in [5.74, 6) is -2.52. The fourth-order valence-electron chi connectivity index (χ4n) is 2.12. The molecule has 1 unspecified atom stereocenters. The van der Waals surface area contributed by atoms with Gasteiger partial charge in [-0.3, -0.25) is 14.9 Å². The molecule has 0 saturated heterocycles. The Morgan fingerprint density at radius 3 is 2.32 bits per heavy atom. The topological polar surface area (TPSA) is 127 Å². The van der Waals surface area contributed by atoms with Gasteiger partial charge in [-0.25, -0.2) is 12.8 Å². The Morgan fingerprint density at radius 2 is 1.82 bits per heavy atom. The minimum atomic E-state index is -6.00. The molecule has 0 radical (unpaired) electrons. The highest BCUT2D eigenvalue weighted by Gasteiger charge is 2.55. The molecule has 0 saturated carbocycles. The van der Waals surface area contributed by atoms with Crippen LogP contribution >= 0.6 is 11.6 Å². The molecule has 2 aromatic carbocycles. The number of nitro groups is 1. The van der Waals surface area contributed by atoms with Crippen molar-refractivity contribution >= 4 is 38.7 Å². The summed E-state index contributed by atoms with van der Waals surface area (Å²) in [5.41, 5.74) is -5.70.